The van der Waals surface area contributed by atoms with E-state index in [9.17, 15) is 28.0 Å². The van der Waals surface area contributed by atoms with Crippen LogP contribution in [0.2, 0.25) is 0 Å². The smallest absolute Gasteiger partial charge is 0.907 e. The van der Waals surface area contributed by atoms with Gasteiger partial charge in [-0.05, 0) is 0 Å². The topological polar surface area (TPSA) is 218 Å². The Bertz CT molecular complexity index is 298. The van der Waals surface area contributed by atoms with Gasteiger partial charge in [-0.15, -0.1) is 0 Å². The second-order valence-electron chi connectivity index (χ2n) is 2.37. The van der Waals surface area contributed by atoms with Gasteiger partial charge >= 0.3 is 80.5 Å². The van der Waals surface area contributed by atoms with Crippen LogP contribution >= 0.6 is 0 Å². The van der Waals surface area contributed by atoms with Gasteiger partial charge in [-0.25, -0.2) is 28.0 Å². The summed E-state index contributed by atoms with van der Waals surface area (Å²) < 4.78 is 22.9. The average Bonchev–Trinajstić information content (AvgIpc) is 2.26. The summed E-state index contributed by atoms with van der Waals surface area (Å²) in [6, 6.07) is 0. The fourth-order valence-corrected chi connectivity index (χ4v) is 0.211. The van der Waals surface area contributed by atoms with Crippen molar-refractivity contribution < 1.29 is 120 Å². The first-order chi connectivity index (χ1) is 8.84. The van der Waals surface area contributed by atoms with E-state index in [4.69, 9.17) is 35.5 Å². The van der Waals surface area contributed by atoms with Crippen LogP contribution in [0.4, 0.5) is 8.78 Å². The molecule has 0 aromatic heterocycles. The molecule has 0 fully saturated rings. The van der Waals surface area contributed by atoms with Crippen LogP contribution in [0.3, 0.4) is 0 Å². The van der Waals surface area contributed by atoms with E-state index in [0.29, 0.717) is 0 Å². The summed E-state index contributed by atoms with van der Waals surface area (Å²) in [5, 5.41) is 55.6. The zero-order valence-electron chi connectivity index (χ0n) is 12.1. The predicted molar refractivity (Wildman–Crippen MR) is 46.1 cm³/mol. The van der Waals surface area contributed by atoms with E-state index < -0.39 is 43.5 Å². The normalized spacial score (nSPS) is 7.61. The molecule has 0 aliphatic rings. The summed E-state index contributed by atoms with van der Waals surface area (Å²) in [7, 11) is -2.92. The summed E-state index contributed by atoms with van der Waals surface area (Å²) >= 11 is 0. The minimum Gasteiger partial charge on any atom is -0.907 e. The molecule has 0 saturated heterocycles. The largest absolute Gasteiger partial charge is 1.00 e. The molecule has 0 aromatic carbocycles. The third kappa shape index (κ3) is 34.0. The van der Waals surface area contributed by atoms with Gasteiger partial charge in [-0.3, -0.25) is 7.32 Å². The molecule has 0 rings (SSSR count). The van der Waals surface area contributed by atoms with Crippen LogP contribution in [-0.4, -0.2) is 64.0 Å². The maximum absolute atomic E-state index is 11.4. The first kappa shape index (κ1) is 38.2. The predicted octanol–water partition coefficient (Wildman–Crippen LogP) is -13.9. The third-order valence-electron chi connectivity index (χ3n) is 0.867. The van der Waals surface area contributed by atoms with Gasteiger partial charge in [0, 0.05) is 0 Å². The zero-order valence-corrected chi connectivity index (χ0v) is 12.1. The van der Waals surface area contributed by atoms with E-state index in [-0.39, 0.29) is 56.6 Å². The van der Waals surface area contributed by atoms with Crippen LogP contribution in [-0.2, 0) is 19.2 Å². The monoisotopic (exact) mass is 324 g/mol. The Kier molecular flexibility index (Phi) is 35.7. The average molecular weight is 324 g/mol. The molecule has 4 N–H and O–H groups in total. The van der Waals surface area contributed by atoms with E-state index in [1.165, 1.54) is 0 Å². The summed E-state index contributed by atoms with van der Waals surface area (Å²) in [6.45, 7) is 0. The Balaban J connectivity index is -0.0000000464. The molecular weight excluding hydrogens is 318 g/mol. The Morgan fingerprint density at radius 2 is 0.739 bits per heavy atom. The van der Waals surface area contributed by atoms with Gasteiger partial charge in [0.05, 0.1) is 0 Å². The van der Waals surface area contributed by atoms with Gasteiger partial charge < -0.3 is 35.5 Å². The molecule has 0 amide bonds. The molecule has 0 unspecified atom stereocenters. The number of alkyl halides is 2. The second-order valence-corrected chi connectivity index (χ2v) is 2.37. The Morgan fingerprint density at radius 3 is 0.739 bits per heavy atom. The van der Waals surface area contributed by atoms with Crippen molar-refractivity contribution >= 4 is 31.2 Å². The standard InChI is InChI=1S/2C3H3FO4.BO3.3Li/c2*4-1(2(5)6)3(7)8;2-1(3)4;;;/h2*1H,(H,5,6)(H,7,8);;;;/q;;-3;3*+1. The molecule has 17 heteroatoms. The van der Waals surface area contributed by atoms with Gasteiger partial charge in [-0.2, -0.15) is 0 Å². The molecule has 116 valence electrons. The van der Waals surface area contributed by atoms with Crippen LogP contribution in [0, 0.1) is 0 Å². The number of carbonyl (C=O) groups is 4. The van der Waals surface area contributed by atoms with Crippen LogP contribution in [0.5, 0.6) is 0 Å². The summed E-state index contributed by atoms with van der Waals surface area (Å²) in [6.07, 6.45) is -5.59. The number of rotatable bonds is 4. The van der Waals surface area contributed by atoms with E-state index >= 15 is 0 Å². The fraction of sp³-hybridized carbons (Fsp3) is 0.333. The summed E-state index contributed by atoms with van der Waals surface area (Å²) in [4.78, 5) is 37.5. The minimum absolute atomic E-state index is 0. The van der Waals surface area contributed by atoms with E-state index in [1.54, 1.807) is 0 Å². The SMILES string of the molecule is O=C(O)C(F)C(=O)O.O=C(O)C(F)C(=O)O.[Li+].[Li+].[Li+].[O-]B([O-])[O-]. The Morgan fingerprint density at radius 1 is 0.652 bits per heavy atom. The first-order valence-electron chi connectivity index (χ1n) is 4.01. The van der Waals surface area contributed by atoms with E-state index in [1.807, 2.05) is 0 Å². The van der Waals surface area contributed by atoms with Crippen LogP contribution in [0.25, 0.3) is 0 Å². The van der Waals surface area contributed by atoms with E-state index in [0.717, 1.165) is 0 Å². The van der Waals surface area contributed by atoms with Crippen LogP contribution in [0.15, 0.2) is 0 Å². The summed E-state index contributed by atoms with van der Waals surface area (Å²) in [5.41, 5.74) is 0. The number of aliphatic carboxylic acids is 4. The maximum Gasteiger partial charge on any atom is 1.00 e. The molecular formula is C6H6BF2Li3O11. The molecule has 0 radical (unpaired) electrons. The Labute approximate surface area is 163 Å². The van der Waals surface area contributed by atoms with Gasteiger partial charge in [0.15, 0.2) is 0 Å². The van der Waals surface area contributed by atoms with Gasteiger partial charge in [0.1, 0.15) is 0 Å². The number of hydrogen-bond donors (Lipinski definition) is 4. The van der Waals surface area contributed by atoms with Crippen molar-refractivity contribution in [3.05, 3.63) is 0 Å². The molecule has 0 bridgehead atoms. The van der Waals surface area contributed by atoms with Crippen molar-refractivity contribution in [2.75, 3.05) is 0 Å². The second kappa shape index (κ2) is 21.5. The molecule has 0 aromatic rings. The van der Waals surface area contributed by atoms with Gasteiger partial charge in [0.25, 0.3) is 12.3 Å². The molecule has 11 nitrogen and oxygen atoms in total. The number of carboxylic acids is 4. The van der Waals surface area contributed by atoms with Gasteiger partial charge in [-0.1, -0.05) is 0 Å². The van der Waals surface area contributed by atoms with Crippen molar-refractivity contribution in [2.45, 2.75) is 12.3 Å². The molecule has 0 aliphatic heterocycles. The van der Waals surface area contributed by atoms with Crippen molar-refractivity contribution in [3.63, 3.8) is 0 Å². The zero-order chi connectivity index (χ0) is 17.0. The quantitative estimate of drug-likeness (QED) is 0.281. The van der Waals surface area contributed by atoms with Gasteiger partial charge in [0.2, 0.25) is 0 Å². The fourth-order valence-electron chi connectivity index (χ4n) is 0.211. The molecule has 0 atom stereocenters. The molecule has 0 saturated carbocycles. The maximum atomic E-state index is 11.4. The number of hydrogen-bond acceptors (Lipinski definition) is 7. The third-order valence-corrected chi connectivity index (χ3v) is 0.867. The van der Waals surface area contributed by atoms with E-state index in [2.05, 4.69) is 0 Å². The number of halogens is 2. The van der Waals surface area contributed by atoms with Crippen molar-refractivity contribution in [1.29, 1.82) is 0 Å². The minimum atomic E-state index is -2.92. The van der Waals surface area contributed by atoms with Crippen LogP contribution in [0.1, 0.15) is 0 Å². The van der Waals surface area contributed by atoms with Crippen molar-refractivity contribution in [3.8, 4) is 0 Å². The van der Waals surface area contributed by atoms with Crippen molar-refractivity contribution in [1.82, 2.24) is 0 Å². The summed E-state index contributed by atoms with van der Waals surface area (Å²) in [5.74, 6) is -7.90. The molecule has 0 aliphatic carbocycles. The molecule has 23 heavy (non-hydrogen) atoms. The molecule has 0 heterocycles. The first-order valence-corrected chi connectivity index (χ1v) is 4.01. The Hall–Kier alpha value is -0.523. The molecule has 0 spiro atoms. The van der Waals surface area contributed by atoms with Crippen LogP contribution < -0.4 is 71.7 Å². The van der Waals surface area contributed by atoms with Crippen molar-refractivity contribution in [2.24, 2.45) is 0 Å². The number of carboxylic acid groups (broad SMARTS) is 4.